The molecule has 1 unspecified atom stereocenters. The zero-order chi connectivity index (χ0) is 12.8. The Kier molecular flexibility index (Phi) is 6.30. The van der Waals surface area contributed by atoms with E-state index in [4.69, 9.17) is 11.6 Å². The standard InChI is InChI=1S/C11H14BrClN2OS/c1-7(3-4-17-2)15-11(16)9-5-8(12)6-14-10(9)13/h5-7H,3-4H2,1-2H3,(H,15,16). The van der Waals surface area contributed by atoms with Crippen molar-refractivity contribution in [3.8, 4) is 0 Å². The van der Waals surface area contributed by atoms with Crippen LogP contribution in [0.25, 0.3) is 0 Å². The molecule has 0 saturated carbocycles. The van der Waals surface area contributed by atoms with Crippen molar-refractivity contribution in [1.29, 1.82) is 0 Å². The van der Waals surface area contributed by atoms with Gasteiger partial charge in [0.1, 0.15) is 5.15 Å². The Hall–Kier alpha value is -0.260. The number of rotatable bonds is 5. The van der Waals surface area contributed by atoms with E-state index in [-0.39, 0.29) is 17.1 Å². The van der Waals surface area contributed by atoms with Crippen molar-refractivity contribution in [2.75, 3.05) is 12.0 Å². The Morgan fingerprint density at radius 2 is 2.41 bits per heavy atom. The van der Waals surface area contributed by atoms with Crippen LogP contribution < -0.4 is 5.32 Å². The number of nitrogens with one attached hydrogen (secondary N) is 1. The monoisotopic (exact) mass is 336 g/mol. The minimum atomic E-state index is -0.183. The molecular weight excluding hydrogens is 324 g/mol. The van der Waals surface area contributed by atoms with E-state index >= 15 is 0 Å². The van der Waals surface area contributed by atoms with Gasteiger partial charge in [-0.3, -0.25) is 4.79 Å². The zero-order valence-electron chi connectivity index (χ0n) is 9.67. The molecule has 1 N–H and O–H groups in total. The largest absolute Gasteiger partial charge is 0.349 e. The van der Waals surface area contributed by atoms with Gasteiger partial charge in [-0.15, -0.1) is 0 Å². The summed E-state index contributed by atoms with van der Waals surface area (Å²) in [6, 6.07) is 1.80. The minimum Gasteiger partial charge on any atom is -0.349 e. The molecule has 0 radical (unpaired) electrons. The van der Waals surface area contributed by atoms with Crippen LogP contribution in [0.5, 0.6) is 0 Å². The molecule has 94 valence electrons. The second-order valence-electron chi connectivity index (χ2n) is 3.65. The lowest BCUT2D eigenvalue weighted by Crippen LogP contribution is -2.33. The third-order valence-corrected chi connectivity index (χ3v) is 3.56. The summed E-state index contributed by atoms with van der Waals surface area (Å²) >= 11 is 10.9. The molecule has 1 heterocycles. The summed E-state index contributed by atoms with van der Waals surface area (Å²) < 4.78 is 0.740. The summed E-state index contributed by atoms with van der Waals surface area (Å²) in [5.74, 6) is 0.837. The van der Waals surface area contributed by atoms with E-state index in [9.17, 15) is 4.79 Å². The van der Waals surface area contributed by atoms with Crippen LogP contribution in [0.3, 0.4) is 0 Å². The first kappa shape index (κ1) is 14.8. The maximum atomic E-state index is 11.9. The van der Waals surface area contributed by atoms with E-state index in [1.165, 1.54) is 0 Å². The summed E-state index contributed by atoms with van der Waals surface area (Å²) in [5, 5.41) is 3.13. The highest BCUT2D eigenvalue weighted by molar-refractivity contribution is 9.10. The second kappa shape index (κ2) is 7.24. The van der Waals surface area contributed by atoms with Gasteiger partial charge in [0.05, 0.1) is 5.56 Å². The first-order valence-corrected chi connectivity index (χ1v) is 7.72. The molecule has 0 aliphatic heterocycles. The van der Waals surface area contributed by atoms with Gasteiger partial charge in [0.25, 0.3) is 5.91 Å². The summed E-state index contributed by atoms with van der Waals surface area (Å²) in [5.41, 5.74) is 0.400. The predicted octanol–water partition coefficient (Wildman–Crippen LogP) is 3.37. The summed E-state index contributed by atoms with van der Waals surface area (Å²) in [6.45, 7) is 1.98. The van der Waals surface area contributed by atoms with Gasteiger partial charge in [-0.05, 0) is 47.3 Å². The Labute approximate surface area is 119 Å². The molecule has 17 heavy (non-hydrogen) atoms. The lowest BCUT2D eigenvalue weighted by Gasteiger charge is -2.13. The van der Waals surface area contributed by atoms with E-state index in [2.05, 4.69) is 26.2 Å². The van der Waals surface area contributed by atoms with Gasteiger partial charge in [-0.2, -0.15) is 11.8 Å². The van der Waals surface area contributed by atoms with Crippen LogP contribution in [0.2, 0.25) is 5.15 Å². The number of nitrogens with zero attached hydrogens (tertiary/aromatic N) is 1. The van der Waals surface area contributed by atoms with Crippen molar-refractivity contribution >= 4 is 45.2 Å². The van der Waals surface area contributed by atoms with Crippen LogP contribution in [0.1, 0.15) is 23.7 Å². The van der Waals surface area contributed by atoms with Gasteiger partial charge >= 0.3 is 0 Å². The Morgan fingerprint density at radius 3 is 3.06 bits per heavy atom. The number of carbonyl (C=O) groups excluding carboxylic acids is 1. The van der Waals surface area contributed by atoms with Crippen molar-refractivity contribution in [3.05, 3.63) is 27.5 Å². The molecule has 0 saturated heterocycles. The molecule has 0 aliphatic rings. The summed E-state index contributed by atoms with van der Waals surface area (Å²) in [4.78, 5) is 15.9. The van der Waals surface area contributed by atoms with Crippen molar-refractivity contribution in [1.82, 2.24) is 10.3 Å². The number of hydrogen-bond acceptors (Lipinski definition) is 3. The molecule has 0 aromatic carbocycles. The van der Waals surface area contributed by atoms with Crippen molar-refractivity contribution in [3.63, 3.8) is 0 Å². The van der Waals surface area contributed by atoms with Crippen LogP contribution >= 0.6 is 39.3 Å². The maximum Gasteiger partial charge on any atom is 0.254 e. The molecular formula is C11H14BrClN2OS. The molecule has 1 aromatic heterocycles. The zero-order valence-corrected chi connectivity index (χ0v) is 12.8. The maximum absolute atomic E-state index is 11.9. The average Bonchev–Trinajstić information content (AvgIpc) is 2.29. The van der Waals surface area contributed by atoms with Gasteiger partial charge in [-0.1, -0.05) is 11.6 Å². The summed E-state index contributed by atoms with van der Waals surface area (Å²) in [6.07, 6.45) is 4.55. The van der Waals surface area contributed by atoms with Gasteiger partial charge in [0, 0.05) is 16.7 Å². The molecule has 0 aliphatic carbocycles. The highest BCUT2D eigenvalue weighted by atomic mass is 79.9. The molecule has 1 amide bonds. The normalized spacial score (nSPS) is 12.2. The van der Waals surface area contributed by atoms with E-state index in [0.29, 0.717) is 5.56 Å². The number of thioether (sulfide) groups is 1. The molecule has 1 atom stereocenters. The highest BCUT2D eigenvalue weighted by Crippen LogP contribution is 2.18. The predicted molar refractivity (Wildman–Crippen MR) is 76.9 cm³/mol. The third-order valence-electron chi connectivity index (χ3n) is 2.18. The van der Waals surface area contributed by atoms with Gasteiger partial charge < -0.3 is 5.32 Å². The van der Waals surface area contributed by atoms with E-state index in [1.54, 1.807) is 24.0 Å². The van der Waals surface area contributed by atoms with Crippen molar-refractivity contribution in [2.45, 2.75) is 19.4 Å². The minimum absolute atomic E-state index is 0.130. The Bertz CT molecular complexity index is 403. The molecule has 1 rings (SSSR count). The van der Waals surface area contributed by atoms with E-state index in [1.807, 2.05) is 13.2 Å². The molecule has 1 aromatic rings. The van der Waals surface area contributed by atoms with Crippen LogP contribution in [0, 0.1) is 0 Å². The van der Waals surface area contributed by atoms with Gasteiger partial charge in [0.15, 0.2) is 0 Å². The number of hydrogen-bond donors (Lipinski definition) is 1. The first-order chi connectivity index (χ1) is 8.04. The molecule has 0 spiro atoms. The molecule has 0 bridgehead atoms. The van der Waals surface area contributed by atoms with Crippen LogP contribution in [0.4, 0.5) is 0 Å². The Morgan fingerprint density at radius 1 is 1.71 bits per heavy atom. The first-order valence-electron chi connectivity index (χ1n) is 5.15. The fourth-order valence-corrected chi connectivity index (χ4v) is 2.36. The number of halogens is 2. The van der Waals surface area contributed by atoms with Crippen LogP contribution in [0.15, 0.2) is 16.7 Å². The fraction of sp³-hybridized carbons (Fsp3) is 0.455. The number of pyridine rings is 1. The topological polar surface area (TPSA) is 42.0 Å². The Balaban J connectivity index is 2.66. The average molecular weight is 338 g/mol. The van der Waals surface area contributed by atoms with Gasteiger partial charge in [0.2, 0.25) is 0 Å². The quantitative estimate of drug-likeness (QED) is 0.838. The molecule has 6 heteroatoms. The lowest BCUT2D eigenvalue weighted by atomic mass is 10.2. The highest BCUT2D eigenvalue weighted by Gasteiger charge is 2.14. The van der Waals surface area contributed by atoms with Crippen molar-refractivity contribution < 1.29 is 4.79 Å². The van der Waals surface area contributed by atoms with Gasteiger partial charge in [-0.25, -0.2) is 4.98 Å². The van der Waals surface area contributed by atoms with E-state index < -0.39 is 0 Å². The second-order valence-corrected chi connectivity index (χ2v) is 5.91. The molecule has 0 fully saturated rings. The number of aromatic nitrogens is 1. The lowest BCUT2D eigenvalue weighted by molar-refractivity contribution is 0.0939. The van der Waals surface area contributed by atoms with Crippen molar-refractivity contribution in [2.24, 2.45) is 0 Å². The summed E-state index contributed by atoms with van der Waals surface area (Å²) in [7, 11) is 0. The molecule has 3 nitrogen and oxygen atoms in total. The number of amides is 1. The SMILES string of the molecule is CSCCC(C)NC(=O)c1cc(Br)cnc1Cl. The smallest absolute Gasteiger partial charge is 0.254 e. The third kappa shape index (κ3) is 4.85. The van der Waals surface area contributed by atoms with E-state index in [0.717, 1.165) is 16.6 Å². The van der Waals surface area contributed by atoms with Crippen LogP contribution in [-0.4, -0.2) is 28.9 Å². The fourth-order valence-electron chi connectivity index (χ4n) is 1.25. The van der Waals surface area contributed by atoms with Crippen LogP contribution in [-0.2, 0) is 0 Å². The number of carbonyl (C=O) groups is 1.